The van der Waals surface area contributed by atoms with Gasteiger partial charge in [0, 0.05) is 34.9 Å². The van der Waals surface area contributed by atoms with Gasteiger partial charge in [-0.2, -0.15) is 0 Å². The second-order valence-electron chi connectivity index (χ2n) is 8.57. The van der Waals surface area contributed by atoms with Crippen LogP contribution >= 0.6 is 79.8 Å². The van der Waals surface area contributed by atoms with Crippen molar-refractivity contribution in [2.45, 2.75) is 25.7 Å². The van der Waals surface area contributed by atoms with Crippen LogP contribution in [0.3, 0.4) is 0 Å². The molecule has 4 amide bonds. The molecule has 0 bridgehead atoms. The number of hydrogen-bond donors (Lipinski definition) is 2. The molecule has 0 radical (unpaired) electrons. The van der Waals surface area contributed by atoms with Gasteiger partial charge in [0.25, 0.3) is 11.8 Å². The number of rotatable bonds is 10. The Bertz CT molecular complexity index is 1330. The van der Waals surface area contributed by atoms with Crippen LogP contribution in [-0.4, -0.2) is 55.2 Å². The van der Waals surface area contributed by atoms with E-state index in [1.54, 1.807) is 12.1 Å². The SMILES string of the molecule is O=C(CCCN1C(=O)/C(=C2\SC(=S)N(CCCC(=O)Nc3ccccc3Br)C2=O)SC1=S)Nc1ccccc1Br. The van der Waals surface area contributed by atoms with E-state index in [4.69, 9.17) is 24.4 Å². The second kappa shape index (κ2) is 14.2. The van der Waals surface area contributed by atoms with Crippen molar-refractivity contribution < 1.29 is 19.2 Å². The molecule has 0 saturated carbocycles. The van der Waals surface area contributed by atoms with E-state index in [-0.39, 0.29) is 59.4 Å². The maximum absolute atomic E-state index is 13.1. The van der Waals surface area contributed by atoms with E-state index in [0.29, 0.717) is 32.9 Å². The summed E-state index contributed by atoms with van der Waals surface area (Å²) in [5.41, 5.74) is 1.34. The van der Waals surface area contributed by atoms with E-state index in [1.807, 2.05) is 36.4 Å². The second-order valence-corrected chi connectivity index (χ2v) is 13.6. The predicted octanol–water partition coefficient (Wildman–Crippen LogP) is 6.28. The summed E-state index contributed by atoms with van der Waals surface area (Å²) in [7, 11) is 0. The van der Waals surface area contributed by atoms with Crippen molar-refractivity contribution in [2.24, 2.45) is 0 Å². The minimum absolute atomic E-state index is 0.178. The van der Waals surface area contributed by atoms with Crippen LogP contribution in [0, 0.1) is 0 Å². The zero-order chi connectivity index (χ0) is 28.8. The van der Waals surface area contributed by atoms with Crippen molar-refractivity contribution in [3.8, 4) is 0 Å². The molecule has 0 atom stereocenters. The van der Waals surface area contributed by atoms with Crippen LogP contribution in [0.2, 0.25) is 0 Å². The summed E-state index contributed by atoms with van der Waals surface area (Å²) in [6.07, 6.45) is 1.20. The molecule has 0 aromatic heterocycles. The van der Waals surface area contributed by atoms with Gasteiger partial charge in [-0.3, -0.25) is 29.0 Å². The van der Waals surface area contributed by atoms with Crippen molar-refractivity contribution in [1.29, 1.82) is 0 Å². The summed E-state index contributed by atoms with van der Waals surface area (Å²) in [5, 5.41) is 5.67. The third kappa shape index (κ3) is 7.59. The van der Waals surface area contributed by atoms with Crippen LogP contribution in [0.1, 0.15) is 25.7 Å². The number of halogens is 2. The normalized spacial score (nSPS) is 17.1. The van der Waals surface area contributed by atoms with Gasteiger partial charge in [-0.15, -0.1) is 0 Å². The minimum atomic E-state index is -0.366. The minimum Gasteiger partial charge on any atom is -0.325 e. The van der Waals surface area contributed by atoms with Crippen molar-refractivity contribution in [3.05, 3.63) is 67.3 Å². The largest absolute Gasteiger partial charge is 0.325 e. The molecule has 2 saturated heterocycles. The number of nitrogens with zero attached hydrogens (tertiary/aromatic N) is 2. The molecule has 2 N–H and O–H groups in total. The quantitative estimate of drug-likeness (QED) is 0.217. The standard InChI is InChI=1S/C26H22Br2N4O4S4/c27-15-7-1-3-9-17(15)29-19(33)11-5-13-31-23(35)21(39-25(31)37)22-24(36)32(26(38)40-22)14-6-12-20(34)30-18-10-4-2-8-16(18)28/h1-4,7-10H,5-6,11-14H2,(H,29,33)(H,30,34)/b22-21+. The number of thioether (sulfide) groups is 2. The lowest BCUT2D eigenvalue weighted by Gasteiger charge is -2.15. The molecule has 2 heterocycles. The fourth-order valence-electron chi connectivity index (χ4n) is 3.80. The highest BCUT2D eigenvalue weighted by Crippen LogP contribution is 2.42. The Labute approximate surface area is 267 Å². The van der Waals surface area contributed by atoms with Crippen LogP contribution < -0.4 is 10.6 Å². The van der Waals surface area contributed by atoms with Gasteiger partial charge in [-0.25, -0.2) is 0 Å². The Balaban J connectivity index is 1.28. The lowest BCUT2D eigenvalue weighted by molar-refractivity contribution is -0.124. The van der Waals surface area contributed by atoms with Crippen molar-refractivity contribution in [1.82, 2.24) is 9.80 Å². The van der Waals surface area contributed by atoms with E-state index >= 15 is 0 Å². The number of anilines is 2. The smallest absolute Gasteiger partial charge is 0.267 e. The highest BCUT2D eigenvalue weighted by Gasteiger charge is 2.41. The van der Waals surface area contributed by atoms with Gasteiger partial charge < -0.3 is 10.6 Å². The lowest BCUT2D eigenvalue weighted by Crippen LogP contribution is -2.31. The highest BCUT2D eigenvalue weighted by atomic mass is 79.9. The summed E-state index contributed by atoms with van der Waals surface area (Å²) < 4.78 is 2.23. The Morgan fingerprint density at radius 2 is 1.07 bits per heavy atom. The van der Waals surface area contributed by atoms with Gasteiger partial charge in [0.05, 0.1) is 21.2 Å². The first-order chi connectivity index (χ1) is 19.2. The molecule has 14 heteroatoms. The first-order valence-electron chi connectivity index (χ1n) is 12.1. The molecule has 2 aliphatic heterocycles. The zero-order valence-corrected chi connectivity index (χ0v) is 27.2. The first-order valence-corrected chi connectivity index (χ1v) is 16.1. The van der Waals surface area contributed by atoms with Crippen LogP contribution in [0.25, 0.3) is 0 Å². The molecule has 2 aromatic rings. The number of carbonyl (C=O) groups is 4. The number of thiocarbonyl (C=S) groups is 2. The summed E-state index contributed by atoms with van der Waals surface area (Å²) in [6, 6.07) is 14.6. The molecular formula is C26H22Br2N4O4S4. The molecule has 2 aliphatic rings. The molecule has 4 rings (SSSR count). The number of benzene rings is 2. The molecule has 2 aromatic carbocycles. The molecule has 0 aliphatic carbocycles. The maximum atomic E-state index is 13.1. The molecule has 8 nitrogen and oxygen atoms in total. The Kier molecular flexibility index (Phi) is 10.9. The number of nitrogens with one attached hydrogen (secondary N) is 2. The molecule has 208 valence electrons. The highest BCUT2D eigenvalue weighted by molar-refractivity contribution is 9.11. The fraction of sp³-hybridized carbons (Fsp3) is 0.231. The third-order valence-corrected chi connectivity index (χ3v) is 10.2. The van der Waals surface area contributed by atoms with Crippen LogP contribution in [0.15, 0.2) is 67.3 Å². The van der Waals surface area contributed by atoms with E-state index < -0.39 is 0 Å². The van der Waals surface area contributed by atoms with Gasteiger partial charge in [0.2, 0.25) is 11.8 Å². The average molecular weight is 743 g/mol. The molecule has 0 unspecified atom stereocenters. The van der Waals surface area contributed by atoms with Gasteiger partial charge in [0.15, 0.2) is 0 Å². The number of carbonyl (C=O) groups excluding carboxylic acids is 4. The molecular weight excluding hydrogens is 720 g/mol. The fourth-order valence-corrected chi connectivity index (χ4v) is 7.34. The van der Waals surface area contributed by atoms with E-state index in [9.17, 15) is 19.2 Å². The monoisotopic (exact) mass is 740 g/mol. The van der Waals surface area contributed by atoms with Crippen molar-refractivity contribution >= 4 is 123 Å². The van der Waals surface area contributed by atoms with E-state index in [1.165, 1.54) is 9.80 Å². The summed E-state index contributed by atoms with van der Waals surface area (Å²) in [4.78, 5) is 54.3. The van der Waals surface area contributed by atoms with Crippen LogP contribution in [0.4, 0.5) is 11.4 Å². The average Bonchev–Trinajstić information content (AvgIpc) is 3.35. The van der Waals surface area contributed by atoms with Crippen LogP contribution in [0.5, 0.6) is 0 Å². The topological polar surface area (TPSA) is 98.8 Å². The van der Waals surface area contributed by atoms with Gasteiger partial charge in [0.1, 0.15) is 8.64 Å². The number of hydrogen-bond acceptors (Lipinski definition) is 8. The lowest BCUT2D eigenvalue weighted by atomic mass is 10.2. The van der Waals surface area contributed by atoms with E-state index in [0.717, 1.165) is 32.5 Å². The third-order valence-electron chi connectivity index (χ3n) is 5.77. The maximum Gasteiger partial charge on any atom is 0.267 e. The summed E-state index contributed by atoms with van der Waals surface area (Å²) >= 11 is 19.7. The van der Waals surface area contributed by atoms with Crippen molar-refractivity contribution in [3.63, 3.8) is 0 Å². The Hall–Kier alpha value is -2.10. The Morgan fingerprint density at radius 3 is 1.45 bits per heavy atom. The van der Waals surface area contributed by atoms with Crippen LogP contribution in [-0.2, 0) is 19.2 Å². The number of amides is 4. The first kappa shape index (κ1) is 30.8. The van der Waals surface area contributed by atoms with Gasteiger partial charge >= 0.3 is 0 Å². The van der Waals surface area contributed by atoms with E-state index in [2.05, 4.69) is 42.5 Å². The predicted molar refractivity (Wildman–Crippen MR) is 175 cm³/mol. The Morgan fingerprint density at radius 1 is 0.700 bits per heavy atom. The molecule has 2 fully saturated rings. The van der Waals surface area contributed by atoms with Crippen molar-refractivity contribution in [2.75, 3.05) is 23.7 Å². The summed E-state index contributed by atoms with van der Waals surface area (Å²) in [5.74, 6) is -1.09. The number of para-hydroxylation sites is 2. The summed E-state index contributed by atoms with van der Waals surface area (Å²) in [6.45, 7) is 0.509. The van der Waals surface area contributed by atoms with Gasteiger partial charge in [-0.05, 0) is 69.0 Å². The zero-order valence-electron chi connectivity index (χ0n) is 20.8. The molecule has 40 heavy (non-hydrogen) atoms. The molecule has 0 spiro atoms. The van der Waals surface area contributed by atoms with Gasteiger partial charge in [-0.1, -0.05) is 72.2 Å².